The summed E-state index contributed by atoms with van der Waals surface area (Å²) in [4.78, 5) is 0. The Labute approximate surface area is 69.7 Å². The predicted molar refractivity (Wildman–Crippen MR) is 42.6 cm³/mol. The highest BCUT2D eigenvalue weighted by Crippen LogP contribution is 2.05. The molecule has 1 heterocycles. The SMILES string of the molecule is N#CCC=Cc1cn[nH]c1C#N. The van der Waals surface area contributed by atoms with Crippen LogP contribution in [0.2, 0.25) is 0 Å². The van der Waals surface area contributed by atoms with Gasteiger partial charge < -0.3 is 0 Å². The van der Waals surface area contributed by atoms with Gasteiger partial charge in [0.25, 0.3) is 0 Å². The van der Waals surface area contributed by atoms with Crippen LogP contribution in [-0.2, 0) is 0 Å². The van der Waals surface area contributed by atoms with Gasteiger partial charge in [0.05, 0.1) is 18.7 Å². The van der Waals surface area contributed by atoms with Crippen molar-refractivity contribution in [2.45, 2.75) is 6.42 Å². The van der Waals surface area contributed by atoms with E-state index in [1.54, 1.807) is 18.3 Å². The smallest absolute Gasteiger partial charge is 0.142 e. The minimum Gasteiger partial charge on any atom is -0.267 e. The Balaban J connectivity index is 2.77. The Kier molecular flexibility index (Phi) is 2.64. The fourth-order valence-electron chi connectivity index (χ4n) is 0.750. The van der Waals surface area contributed by atoms with E-state index in [9.17, 15) is 0 Å². The molecule has 58 valence electrons. The van der Waals surface area contributed by atoms with E-state index >= 15 is 0 Å². The van der Waals surface area contributed by atoms with Crippen LogP contribution in [0.15, 0.2) is 12.3 Å². The molecule has 0 atom stereocenters. The van der Waals surface area contributed by atoms with Crippen LogP contribution in [0.3, 0.4) is 0 Å². The van der Waals surface area contributed by atoms with Gasteiger partial charge in [0, 0.05) is 5.56 Å². The maximum absolute atomic E-state index is 8.54. The molecule has 0 aliphatic heterocycles. The number of hydrogen-bond acceptors (Lipinski definition) is 3. The first kappa shape index (κ1) is 8.03. The molecule has 0 amide bonds. The molecule has 0 fully saturated rings. The molecule has 0 saturated heterocycles. The molecule has 0 aliphatic carbocycles. The average molecular weight is 158 g/mol. The summed E-state index contributed by atoms with van der Waals surface area (Å²) in [6.45, 7) is 0. The van der Waals surface area contributed by atoms with Gasteiger partial charge in [-0.25, -0.2) is 0 Å². The fourth-order valence-corrected chi connectivity index (χ4v) is 0.750. The highest BCUT2D eigenvalue weighted by atomic mass is 15.1. The molecule has 0 aliphatic rings. The molecule has 4 heteroatoms. The monoisotopic (exact) mass is 158 g/mol. The quantitative estimate of drug-likeness (QED) is 0.702. The number of hydrogen-bond donors (Lipinski definition) is 1. The standard InChI is InChI=1S/C8H6N4/c9-4-2-1-3-7-6-11-12-8(7)5-10/h1,3,6H,2H2,(H,11,12). The van der Waals surface area contributed by atoms with Gasteiger partial charge in [0.1, 0.15) is 11.8 Å². The zero-order valence-electron chi connectivity index (χ0n) is 6.28. The summed E-state index contributed by atoms with van der Waals surface area (Å²) < 4.78 is 0. The lowest BCUT2D eigenvalue weighted by Crippen LogP contribution is -1.75. The number of H-pyrrole nitrogens is 1. The van der Waals surface area contributed by atoms with Gasteiger partial charge in [0.2, 0.25) is 0 Å². The van der Waals surface area contributed by atoms with E-state index in [-0.39, 0.29) is 0 Å². The van der Waals surface area contributed by atoms with E-state index in [0.29, 0.717) is 17.7 Å². The summed E-state index contributed by atoms with van der Waals surface area (Å²) in [6.07, 6.45) is 5.28. The Hall–Kier alpha value is -2.07. The number of rotatable bonds is 2. The normalized spacial score (nSPS) is 9.50. The third-order valence-electron chi connectivity index (χ3n) is 1.29. The molecule has 1 aromatic rings. The summed E-state index contributed by atoms with van der Waals surface area (Å²) in [5.74, 6) is 0. The van der Waals surface area contributed by atoms with Crippen molar-refractivity contribution < 1.29 is 0 Å². The first-order chi connectivity index (χ1) is 5.88. The minimum absolute atomic E-state index is 0.343. The molecular formula is C8H6N4. The van der Waals surface area contributed by atoms with Crippen molar-refractivity contribution in [1.82, 2.24) is 10.2 Å². The molecule has 1 N–H and O–H groups in total. The van der Waals surface area contributed by atoms with Crippen molar-refractivity contribution in [3.8, 4) is 12.1 Å². The van der Waals surface area contributed by atoms with Crippen LogP contribution in [0.4, 0.5) is 0 Å². The predicted octanol–water partition coefficient (Wildman–Crippen LogP) is 1.21. The van der Waals surface area contributed by atoms with Crippen LogP contribution in [0, 0.1) is 22.7 Å². The third-order valence-corrected chi connectivity index (χ3v) is 1.29. The largest absolute Gasteiger partial charge is 0.267 e. The number of nitrogens with zero attached hydrogens (tertiary/aromatic N) is 3. The molecular weight excluding hydrogens is 152 g/mol. The number of nitriles is 2. The van der Waals surface area contributed by atoms with E-state index in [1.165, 1.54) is 0 Å². The number of aromatic nitrogens is 2. The van der Waals surface area contributed by atoms with Gasteiger partial charge in [-0.05, 0) is 0 Å². The van der Waals surface area contributed by atoms with E-state index in [2.05, 4.69) is 10.2 Å². The van der Waals surface area contributed by atoms with Crippen LogP contribution in [0.1, 0.15) is 17.7 Å². The van der Waals surface area contributed by atoms with E-state index in [0.717, 1.165) is 0 Å². The van der Waals surface area contributed by atoms with Gasteiger partial charge >= 0.3 is 0 Å². The van der Waals surface area contributed by atoms with Crippen molar-refractivity contribution in [2.75, 3.05) is 0 Å². The molecule has 4 nitrogen and oxygen atoms in total. The van der Waals surface area contributed by atoms with Crippen molar-refractivity contribution in [3.05, 3.63) is 23.5 Å². The van der Waals surface area contributed by atoms with Gasteiger partial charge in [-0.2, -0.15) is 15.6 Å². The molecule has 0 spiro atoms. The summed E-state index contributed by atoms with van der Waals surface area (Å²) >= 11 is 0. The summed E-state index contributed by atoms with van der Waals surface area (Å²) in [5, 5.41) is 23.0. The van der Waals surface area contributed by atoms with Gasteiger partial charge in [-0.15, -0.1) is 0 Å². The highest BCUT2D eigenvalue weighted by Gasteiger charge is 1.97. The molecule has 1 aromatic heterocycles. The van der Waals surface area contributed by atoms with E-state index in [1.807, 2.05) is 12.1 Å². The second-order valence-corrected chi connectivity index (χ2v) is 2.08. The zero-order chi connectivity index (χ0) is 8.81. The van der Waals surface area contributed by atoms with Crippen LogP contribution >= 0.6 is 0 Å². The maximum atomic E-state index is 8.54. The third kappa shape index (κ3) is 1.71. The summed E-state index contributed by atoms with van der Waals surface area (Å²) in [5.41, 5.74) is 1.14. The second kappa shape index (κ2) is 3.95. The summed E-state index contributed by atoms with van der Waals surface area (Å²) in [6, 6.07) is 3.92. The molecule has 12 heavy (non-hydrogen) atoms. The molecule has 0 radical (unpaired) electrons. The van der Waals surface area contributed by atoms with Crippen LogP contribution < -0.4 is 0 Å². The van der Waals surface area contributed by atoms with Crippen molar-refractivity contribution >= 4 is 6.08 Å². The molecule has 0 bridgehead atoms. The zero-order valence-corrected chi connectivity index (χ0v) is 6.28. The Morgan fingerprint density at radius 1 is 1.58 bits per heavy atom. The molecule has 1 rings (SSSR count). The molecule has 0 unspecified atom stereocenters. The fraction of sp³-hybridized carbons (Fsp3) is 0.125. The summed E-state index contributed by atoms with van der Waals surface area (Å²) in [7, 11) is 0. The maximum Gasteiger partial charge on any atom is 0.142 e. The lowest BCUT2D eigenvalue weighted by atomic mass is 10.2. The first-order valence-electron chi connectivity index (χ1n) is 3.35. The van der Waals surface area contributed by atoms with Crippen molar-refractivity contribution in [2.24, 2.45) is 0 Å². The van der Waals surface area contributed by atoms with Crippen molar-refractivity contribution in [3.63, 3.8) is 0 Å². The van der Waals surface area contributed by atoms with Gasteiger partial charge in [0.15, 0.2) is 0 Å². The molecule has 0 saturated carbocycles. The number of allylic oxidation sites excluding steroid dienone is 1. The topological polar surface area (TPSA) is 76.3 Å². The Morgan fingerprint density at radius 2 is 2.42 bits per heavy atom. The first-order valence-corrected chi connectivity index (χ1v) is 3.35. The second-order valence-electron chi connectivity index (χ2n) is 2.08. The van der Waals surface area contributed by atoms with Crippen LogP contribution in [-0.4, -0.2) is 10.2 Å². The Morgan fingerprint density at radius 3 is 3.08 bits per heavy atom. The van der Waals surface area contributed by atoms with Gasteiger partial charge in [-0.1, -0.05) is 12.2 Å². The van der Waals surface area contributed by atoms with E-state index < -0.39 is 0 Å². The minimum atomic E-state index is 0.343. The lowest BCUT2D eigenvalue weighted by molar-refractivity contribution is 1.07. The van der Waals surface area contributed by atoms with Crippen LogP contribution in [0.5, 0.6) is 0 Å². The number of nitrogens with one attached hydrogen (secondary N) is 1. The lowest BCUT2D eigenvalue weighted by Gasteiger charge is -1.82. The van der Waals surface area contributed by atoms with E-state index in [4.69, 9.17) is 10.5 Å². The van der Waals surface area contributed by atoms with Gasteiger partial charge in [-0.3, -0.25) is 5.10 Å². The Bertz CT molecular complexity index is 361. The van der Waals surface area contributed by atoms with Crippen molar-refractivity contribution in [1.29, 1.82) is 10.5 Å². The van der Waals surface area contributed by atoms with Crippen LogP contribution in [0.25, 0.3) is 6.08 Å². The molecule has 0 aromatic carbocycles. The highest BCUT2D eigenvalue weighted by molar-refractivity contribution is 5.54. The number of aromatic amines is 1. The average Bonchev–Trinajstić information content (AvgIpc) is 2.52.